The van der Waals surface area contributed by atoms with Crippen LogP contribution < -0.4 is 5.32 Å². The predicted octanol–water partition coefficient (Wildman–Crippen LogP) is 3.42. The molecule has 1 fully saturated rings. The Labute approximate surface area is 110 Å². The highest BCUT2D eigenvalue weighted by molar-refractivity contribution is 5.57. The molecule has 0 saturated carbocycles. The molecule has 0 aromatic heterocycles. The first-order valence-electron chi connectivity index (χ1n) is 7.46. The number of nitrogens with one attached hydrogen (secondary N) is 1. The molecule has 1 unspecified atom stereocenters. The van der Waals surface area contributed by atoms with E-state index in [4.69, 9.17) is 0 Å². The van der Waals surface area contributed by atoms with Crippen molar-refractivity contribution < 1.29 is 0 Å². The molecule has 0 spiro atoms. The average Bonchev–Trinajstić information content (AvgIpc) is 2.87. The van der Waals surface area contributed by atoms with Crippen molar-refractivity contribution in [1.82, 2.24) is 4.90 Å². The Morgan fingerprint density at radius 1 is 1.33 bits per heavy atom. The maximum absolute atomic E-state index is 3.48. The fourth-order valence-corrected chi connectivity index (χ4v) is 3.40. The second-order valence-corrected chi connectivity index (χ2v) is 5.70. The van der Waals surface area contributed by atoms with E-state index in [1.807, 2.05) is 0 Å². The molecule has 2 heteroatoms. The van der Waals surface area contributed by atoms with Gasteiger partial charge >= 0.3 is 0 Å². The van der Waals surface area contributed by atoms with Crippen LogP contribution in [0.1, 0.15) is 43.7 Å². The van der Waals surface area contributed by atoms with Crippen molar-refractivity contribution in [3.63, 3.8) is 0 Å². The lowest BCUT2D eigenvalue weighted by atomic mass is 9.99. The number of likely N-dealkylation sites (tertiary alicyclic amines) is 1. The lowest BCUT2D eigenvalue weighted by molar-refractivity contribution is 0.136. The van der Waals surface area contributed by atoms with Crippen LogP contribution in [0, 0.1) is 0 Å². The van der Waals surface area contributed by atoms with Gasteiger partial charge in [-0.3, -0.25) is 4.90 Å². The van der Waals surface area contributed by atoms with Gasteiger partial charge in [0.2, 0.25) is 0 Å². The van der Waals surface area contributed by atoms with Gasteiger partial charge in [0.05, 0.1) is 0 Å². The fraction of sp³-hybridized carbons (Fsp3) is 0.625. The first-order valence-corrected chi connectivity index (χ1v) is 7.46. The summed E-state index contributed by atoms with van der Waals surface area (Å²) in [6, 6.07) is 7.81. The highest BCUT2D eigenvalue weighted by atomic mass is 15.2. The van der Waals surface area contributed by atoms with E-state index in [0.717, 1.165) is 19.1 Å². The molecule has 1 N–H and O–H groups in total. The molecule has 2 aliphatic rings. The zero-order valence-electron chi connectivity index (χ0n) is 11.4. The molecule has 0 bridgehead atoms. The molecule has 0 radical (unpaired) electrons. The molecule has 0 aliphatic carbocycles. The number of nitrogens with zero attached hydrogens (tertiary/aromatic N) is 1. The molecule has 1 atom stereocenters. The Kier molecular flexibility index (Phi) is 3.55. The summed E-state index contributed by atoms with van der Waals surface area (Å²) in [6.07, 6.45) is 6.67. The summed E-state index contributed by atoms with van der Waals surface area (Å²) in [7, 11) is 0. The van der Waals surface area contributed by atoms with Crippen molar-refractivity contribution in [3.05, 3.63) is 29.3 Å². The second kappa shape index (κ2) is 5.31. The van der Waals surface area contributed by atoms with E-state index in [0.29, 0.717) is 0 Å². The molecular weight excluding hydrogens is 220 g/mol. The fourth-order valence-electron chi connectivity index (χ4n) is 3.40. The van der Waals surface area contributed by atoms with Crippen LogP contribution in [0.2, 0.25) is 0 Å². The topological polar surface area (TPSA) is 15.3 Å². The maximum atomic E-state index is 3.48. The van der Waals surface area contributed by atoms with E-state index in [-0.39, 0.29) is 0 Å². The standard InChI is InChI=1S/C16H24N2/c1-2-15-5-3-4-10-18(15)12-13-6-7-14-8-9-17-16(14)11-13/h6-7,11,15,17H,2-5,8-10,12H2,1H3. The zero-order chi connectivity index (χ0) is 12.4. The third-order valence-electron chi connectivity index (χ3n) is 4.49. The predicted molar refractivity (Wildman–Crippen MR) is 77.0 cm³/mol. The molecule has 1 saturated heterocycles. The molecular formula is C16H24N2. The lowest BCUT2D eigenvalue weighted by Crippen LogP contribution is -2.38. The molecule has 2 nitrogen and oxygen atoms in total. The molecule has 98 valence electrons. The first-order chi connectivity index (χ1) is 8.86. The number of hydrogen-bond acceptors (Lipinski definition) is 2. The molecule has 1 aromatic carbocycles. The van der Waals surface area contributed by atoms with Crippen molar-refractivity contribution in [1.29, 1.82) is 0 Å². The third-order valence-corrected chi connectivity index (χ3v) is 4.49. The van der Waals surface area contributed by atoms with Crippen molar-refractivity contribution >= 4 is 5.69 Å². The van der Waals surface area contributed by atoms with E-state index in [9.17, 15) is 0 Å². The van der Waals surface area contributed by atoms with Crippen LogP contribution in [0.25, 0.3) is 0 Å². The van der Waals surface area contributed by atoms with Gasteiger partial charge in [0.25, 0.3) is 0 Å². The van der Waals surface area contributed by atoms with E-state index in [1.165, 1.54) is 55.5 Å². The van der Waals surface area contributed by atoms with Gasteiger partial charge in [-0.15, -0.1) is 0 Å². The number of hydrogen-bond donors (Lipinski definition) is 1. The van der Waals surface area contributed by atoms with Crippen LogP contribution in [0.5, 0.6) is 0 Å². The highest BCUT2D eigenvalue weighted by Crippen LogP contribution is 2.26. The van der Waals surface area contributed by atoms with Crippen LogP contribution in [0.15, 0.2) is 18.2 Å². The van der Waals surface area contributed by atoms with Crippen LogP contribution in [0.3, 0.4) is 0 Å². The Hall–Kier alpha value is -1.02. The SMILES string of the molecule is CCC1CCCCN1Cc1ccc2c(c1)NCC2. The van der Waals surface area contributed by atoms with Crippen LogP contribution in [-0.2, 0) is 13.0 Å². The Morgan fingerprint density at radius 2 is 2.28 bits per heavy atom. The van der Waals surface area contributed by atoms with Gasteiger partial charge in [-0.05, 0) is 49.4 Å². The number of fused-ring (bicyclic) bond motifs is 1. The van der Waals surface area contributed by atoms with E-state index < -0.39 is 0 Å². The molecule has 2 aliphatic heterocycles. The minimum atomic E-state index is 0.806. The number of benzene rings is 1. The van der Waals surface area contributed by atoms with E-state index in [2.05, 4.69) is 35.3 Å². The largest absolute Gasteiger partial charge is 0.384 e. The van der Waals surface area contributed by atoms with Gasteiger partial charge < -0.3 is 5.32 Å². The number of piperidine rings is 1. The minimum Gasteiger partial charge on any atom is -0.384 e. The zero-order valence-corrected chi connectivity index (χ0v) is 11.4. The van der Waals surface area contributed by atoms with E-state index >= 15 is 0 Å². The van der Waals surface area contributed by atoms with Gasteiger partial charge in [-0.25, -0.2) is 0 Å². The van der Waals surface area contributed by atoms with Crippen molar-refractivity contribution in [2.45, 2.75) is 51.6 Å². The third kappa shape index (κ3) is 2.39. The molecule has 1 aromatic rings. The molecule has 2 heterocycles. The van der Waals surface area contributed by atoms with Crippen LogP contribution in [-0.4, -0.2) is 24.0 Å². The second-order valence-electron chi connectivity index (χ2n) is 5.70. The van der Waals surface area contributed by atoms with Crippen molar-refractivity contribution in [3.8, 4) is 0 Å². The molecule has 18 heavy (non-hydrogen) atoms. The maximum Gasteiger partial charge on any atom is 0.0376 e. The molecule has 3 rings (SSSR count). The van der Waals surface area contributed by atoms with Gasteiger partial charge in [-0.2, -0.15) is 0 Å². The van der Waals surface area contributed by atoms with Crippen molar-refractivity contribution in [2.75, 3.05) is 18.4 Å². The Morgan fingerprint density at radius 3 is 3.17 bits per heavy atom. The average molecular weight is 244 g/mol. The van der Waals surface area contributed by atoms with Gasteiger partial charge in [0.1, 0.15) is 0 Å². The van der Waals surface area contributed by atoms with Crippen LogP contribution in [0.4, 0.5) is 5.69 Å². The first kappa shape index (κ1) is 12.0. The Balaban J connectivity index is 1.71. The molecule has 0 amide bonds. The lowest BCUT2D eigenvalue weighted by Gasteiger charge is -2.35. The quantitative estimate of drug-likeness (QED) is 0.876. The van der Waals surface area contributed by atoms with Crippen LogP contribution >= 0.6 is 0 Å². The minimum absolute atomic E-state index is 0.806. The summed E-state index contributed by atoms with van der Waals surface area (Å²) in [5, 5.41) is 3.48. The summed E-state index contributed by atoms with van der Waals surface area (Å²) in [6.45, 7) is 5.85. The number of rotatable bonds is 3. The summed E-state index contributed by atoms with van der Waals surface area (Å²) < 4.78 is 0. The highest BCUT2D eigenvalue weighted by Gasteiger charge is 2.21. The monoisotopic (exact) mass is 244 g/mol. The normalized spacial score (nSPS) is 23.7. The van der Waals surface area contributed by atoms with Gasteiger partial charge in [0, 0.05) is 24.8 Å². The van der Waals surface area contributed by atoms with Gasteiger partial charge in [-0.1, -0.05) is 25.5 Å². The smallest absolute Gasteiger partial charge is 0.0376 e. The summed E-state index contributed by atoms with van der Waals surface area (Å²) in [4.78, 5) is 2.68. The summed E-state index contributed by atoms with van der Waals surface area (Å²) in [5.74, 6) is 0. The van der Waals surface area contributed by atoms with Gasteiger partial charge in [0.15, 0.2) is 0 Å². The summed E-state index contributed by atoms with van der Waals surface area (Å²) in [5.41, 5.74) is 4.34. The Bertz CT molecular complexity index is 414. The van der Waals surface area contributed by atoms with Crippen molar-refractivity contribution in [2.24, 2.45) is 0 Å². The summed E-state index contributed by atoms with van der Waals surface area (Å²) >= 11 is 0. The number of anilines is 1. The van der Waals surface area contributed by atoms with E-state index in [1.54, 1.807) is 0 Å².